The number of carbonyl (C=O) groups is 1. The number of nitrogens with zero attached hydrogens (tertiary/aromatic N) is 1. The molecule has 102 valence electrons. The van der Waals surface area contributed by atoms with Crippen LogP contribution in [-0.2, 0) is 0 Å². The summed E-state index contributed by atoms with van der Waals surface area (Å²) in [6, 6.07) is 17.3. The fourth-order valence-electron chi connectivity index (χ4n) is 3.08. The standard InChI is InChI=1S/C17H17NO2/c1-18-16(12-7-3-2-4-8-12)15(11-19)13-9-5-6-10-14(13)17(18)20/h2-10,15-16,19H,11H2,1H3/t15-,16+/m1/s1. The Kier molecular flexibility index (Phi) is 3.28. The van der Waals surface area contributed by atoms with Crippen molar-refractivity contribution in [2.45, 2.75) is 12.0 Å². The summed E-state index contributed by atoms with van der Waals surface area (Å²) in [5, 5.41) is 9.84. The number of aliphatic hydroxyl groups excluding tert-OH is 1. The second-order valence-electron chi connectivity index (χ2n) is 5.15. The van der Waals surface area contributed by atoms with Crippen LogP contribution in [-0.4, -0.2) is 29.6 Å². The van der Waals surface area contributed by atoms with E-state index in [-0.39, 0.29) is 24.5 Å². The molecule has 0 aliphatic carbocycles. The molecule has 1 aliphatic rings. The number of hydrogen-bond donors (Lipinski definition) is 1. The van der Waals surface area contributed by atoms with Crippen LogP contribution in [0.1, 0.15) is 33.4 Å². The molecule has 0 spiro atoms. The maximum atomic E-state index is 12.5. The van der Waals surface area contributed by atoms with Crippen molar-refractivity contribution in [2.24, 2.45) is 0 Å². The summed E-state index contributed by atoms with van der Waals surface area (Å²) in [5.41, 5.74) is 2.69. The van der Waals surface area contributed by atoms with E-state index in [0.717, 1.165) is 11.1 Å². The highest BCUT2D eigenvalue weighted by atomic mass is 16.3. The zero-order valence-corrected chi connectivity index (χ0v) is 11.4. The number of carbonyl (C=O) groups excluding carboxylic acids is 1. The first-order valence-electron chi connectivity index (χ1n) is 6.76. The van der Waals surface area contributed by atoms with E-state index in [1.54, 1.807) is 11.9 Å². The molecule has 3 heteroatoms. The van der Waals surface area contributed by atoms with Crippen LogP contribution in [0.2, 0.25) is 0 Å². The van der Waals surface area contributed by atoms with E-state index in [0.29, 0.717) is 5.56 Å². The smallest absolute Gasteiger partial charge is 0.254 e. The van der Waals surface area contributed by atoms with E-state index in [1.165, 1.54) is 0 Å². The van der Waals surface area contributed by atoms with E-state index < -0.39 is 0 Å². The van der Waals surface area contributed by atoms with Gasteiger partial charge in [-0.3, -0.25) is 4.79 Å². The minimum Gasteiger partial charge on any atom is -0.396 e. The van der Waals surface area contributed by atoms with Crippen molar-refractivity contribution >= 4 is 5.91 Å². The van der Waals surface area contributed by atoms with Gasteiger partial charge in [0.05, 0.1) is 12.6 Å². The molecule has 1 aliphatic heterocycles. The quantitative estimate of drug-likeness (QED) is 0.908. The second kappa shape index (κ2) is 5.10. The molecule has 1 heterocycles. The molecule has 0 saturated heterocycles. The van der Waals surface area contributed by atoms with Gasteiger partial charge in [0.15, 0.2) is 0 Å². The number of likely N-dealkylation sites (N-methyl/N-ethyl adjacent to an activating group) is 1. The van der Waals surface area contributed by atoms with Gasteiger partial charge in [-0.1, -0.05) is 48.5 Å². The lowest BCUT2D eigenvalue weighted by atomic mass is 9.80. The summed E-state index contributed by atoms with van der Waals surface area (Å²) in [7, 11) is 1.80. The Balaban J connectivity index is 2.14. The highest BCUT2D eigenvalue weighted by Crippen LogP contribution is 2.41. The van der Waals surface area contributed by atoms with Gasteiger partial charge in [-0.05, 0) is 17.2 Å². The number of amides is 1. The van der Waals surface area contributed by atoms with E-state index in [2.05, 4.69) is 0 Å². The predicted octanol–water partition coefficient (Wildman–Crippen LogP) is 2.59. The van der Waals surface area contributed by atoms with Gasteiger partial charge in [-0.2, -0.15) is 0 Å². The summed E-state index contributed by atoms with van der Waals surface area (Å²) in [4.78, 5) is 14.2. The molecule has 0 radical (unpaired) electrons. The minimum atomic E-state index is -0.122. The number of fused-ring (bicyclic) bond motifs is 1. The zero-order chi connectivity index (χ0) is 14.1. The average Bonchev–Trinajstić information content (AvgIpc) is 2.51. The van der Waals surface area contributed by atoms with Crippen LogP contribution < -0.4 is 0 Å². The first-order valence-corrected chi connectivity index (χ1v) is 6.76. The topological polar surface area (TPSA) is 40.5 Å². The summed E-state index contributed by atoms with van der Waals surface area (Å²) in [6.45, 7) is 0.0220. The molecule has 1 N–H and O–H groups in total. The molecule has 0 unspecified atom stereocenters. The number of aliphatic hydroxyl groups is 1. The van der Waals surface area contributed by atoms with Gasteiger partial charge in [-0.25, -0.2) is 0 Å². The maximum Gasteiger partial charge on any atom is 0.254 e. The molecule has 3 nitrogen and oxygen atoms in total. The van der Waals surface area contributed by atoms with Crippen LogP contribution in [0, 0.1) is 0 Å². The summed E-state index contributed by atoms with van der Waals surface area (Å²) < 4.78 is 0. The lowest BCUT2D eigenvalue weighted by Gasteiger charge is -2.39. The molecular formula is C17H17NO2. The van der Waals surface area contributed by atoms with Crippen LogP contribution >= 0.6 is 0 Å². The van der Waals surface area contributed by atoms with E-state index in [4.69, 9.17) is 0 Å². The van der Waals surface area contributed by atoms with Crippen molar-refractivity contribution < 1.29 is 9.90 Å². The first kappa shape index (κ1) is 12.9. The third-order valence-corrected chi connectivity index (χ3v) is 4.05. The Hall–Kier alpha value is -2.13. The highest BCUT2D eigenvalue weighted by molar-refractivity contribution is 5.97. The Morgan fingerprint density at radius 2 is 1.70 bits per heavy atom. The largest absolute Gasteiger partial charge is 0.396 e. The predicted molar refractivity (Wildman–Crippen MR) is 77.5 cm³/mol. The van der Waals surface area contributed by atoms with Gasteiger partial charge < -0.3 is 10.0 Å². The number of rotatable bonds is 2. The van der Waals surface area contributed by atoms with Crippen LogP contribution in [0.15, 0.2) is 54.6 Å². The maximum absolute atomic E-state index is 12.5. The van der Waals surface area contributed by atoms with Gasteiger partial charge >= 0.3 is 0 Å². The van der Waals surface area contributed by atoms with Crippen molar-refractivity contribution in [1.82, 2.24) is 4.90 Å². The lowest BCUT2D eigenvalue weighted by molar-refractivity contribution is 0.0633. The van der Waals surface area contributed by atoms with Crippen molar-refractivity contribution in [3.8, 4) is 0 Å². The van der Waals surface area contributed by atoms with Gasteiger partial charge in [0, 0.05) is 18.5 Å². The van der Waals surface area contributed by atoms with Crippen LogP contribution in [0.25, 0.3) is 0 Å². The molecule has 0 bridgehead atoms. The highest BCUT2D eigenvalue weighted by Gasteiger charge is 2.37. The molecular weight excluding hydrogens is 250 g/mol. The molecule has 3 rings (SSSR count). The SMILES string of the molecule is CN1C(=O)c2ccccc2[C@@H](CO)[C@@H]1c1ccccc1. The molecule has 2 atom stereocenters. The van der Waals surface area contributed by atoms with Crippen molar-refractivity contribution in [1.29, 1.82) is 0 Å². The van der Waals surface area contributed by atoms with Crippen molar-refractivity contribution in [3.05, 3.63) is 71.3 Å². The summed E-state index contributed by atoms with van der Waals surface area (Å²) >= 11 is 0. The number of hydrogen-bond acceptors (Lipinski definition) is 2. The first-order chi connectivity index (χ1) is 9.74. The Morgan fingerprint density at radius 1 is 1.05 bits per heavy atom. The Bertz CT molecular complexity index is 624. The molecule has 0 aromatic heterocycles. The lowest BCUT2D eigenvalue weighted by Crippen LogP contribution is -2.41. The van der Waals surface area contributed by atoms with Gasteiger partial charge in [0.25, 0.3) is 5.91 Å². The van der Waals surface area contributed by atoms with Crippen LogP contribution in [0.3, 0.4) is 0 Å². The Labute approximate surface area is 118 Å². The Morgan fingerprint density at radius 3 is 2.40 bits per heavy atom. The normalized spacial score (nSPS) is 21.7. The van der Waals surface area contributed by atoms with Crippen LogP contribution in [0.5, 0.6) is 0 Å². The number of benzene rings is 2. The van der Waals surface area contributed by atoms with Crippen LogP contribution in [0.4, 0.5) is 0 Å². The third kappa shape index (κ3) is 1.91. The average molecular weight is 267 g/mol. The van der Waals surface area contributed by atoms with Gasteiger partial charge in [-0.15, -0.1) is 0 Å². The van der Waals surface area contributed by atoms with Gasteiger partial charge in [0.1, 0.15) is 0 Å². The molecule has 20 heavy (non-hydrogen) atoms. The molecule has 0 saturated carbocycles. The van der Waals surface area contributed by atoms with E-state index in [1.807, 2.05) is 54.6 Å². The van der Waals surface area contributed by atoms with Gasteiger partial charge in [0.2, 0.25) is 0 Å². The molecule has 2 aromatic rings. The molecule has 1 amide bonds. The van der Waals surface area contributed by atoms with E-state index in [9.17, 15) is 9.90 Å². The second-order valence-corrected chi connectivity index (χ2v) is 5.15. The zero-order valence-electron chi connectivity index (χ0n) is 11.4. The van der Waals surface area contributed by atoms with E-state index >= 15 is 0 Å². The summed E-state index contributed by atoms with van der Waals surface area (Å²) in [5.74, 6) is -0.0737. The summed E-state index contributed by atoms with van der Waals surface area (Å²) in [6.07, 6.45) is 0. The monoisotopic (exact) mass is 267 g/mol. The van der Waals surface area contributed by atoms with Crippen molar-refractivity contribution in [3.63, 3.8) is 0 Å². The third-order valence-electron chi connectivity index (χ3n) is 4.05. The molecule has 0 fully saturated rings. The fraction of sp³-hybridized carbons (Fsp3) is 0.235. The van der Waals surface area contributed by atoms with Crippen molar-refractivity contribution in [2.75, 3.05) is 13.7 Å². The minimum absolute atomic E-state index is 0.0131. The molecule has 2 aromatic carbocycles. The fourth-order valence-corrected chi connectivity index (χ4v) is 3.08.